The van der Waals surface area contributed by atoms with Crippen LogP contribution in [0.25, 0.3) is 0 Å². The summed E-state index contributed by atoms with van der Waals surface area (Å²) in [5.41, 5.74) is 0. The van der Waals surface area contributed by atoms with Crippen molar-refractivity contribution in [3.8, 4) is 0 Å². The molecule has 2 N–H and O–H groups in total. The standard InChI is InChI=1S/C10H24N2S2/c1-11-7-3-5-9-13-14-10-6-4-8-12-2/h11-12H,3-10H2,1-2H3. The van der Waals surface area contributed by atoms with E-state index in [1.165, 1.54) is 37.2 Å². The molecule has 0 rings (SSSR count). The minimum Gasteiger partial charge on any atom is -0.320 e. The Morgan fingerprint density at radius 1 is 0.714 bits per heavy atom. The average molecular weight is 236 g/mol. The molecule has 0 aliphatic heterocycles. The van der Waals surface area contributed by atoms with Gasteiger partial charge in [-0.2, -0.15) is 0 Å². The van der Waals surface area contributed by atoms with Crippen molar-refractivity contribution >= 4 is 21.6 Å². The van der Waals surface area contributed by atoms with Crippen LogP contribution in [0.1, 0.15) is 25.7 Å². The molecule has 86 valence electrons. The van der Waals surface area contributed by atoms with Crippen LogP contribution in [0.4, 0.5) is 0 Å². The lowest BCUT2D eigenvalue weighted by Gasteiger charge is -2.01. The van der Waals surface area contributed by atoms with Crippen molar-refractivity contribution in [3.63, 3.8) is 0 Å². The summed E-state index contributed by atoms with van der Waals surface area (Å²) in [4.78, 5) is 0. The minimum atomic E-state index is 1.16. The van der Waals surface area contributed by atoms with Crippen LogP contribution < -0.4 is 10.6 Å². The Labute approximate surface area is 96.8 Å². The van der Waals surface area contributed by atoms with Crippen LogP contribution in [0.3, 0.4) is 0 Å². The molecular formula is C10H24N2S2. The normalized spacial score (nSPS) is 10.7. The van der Waals surface area contributed by atoms with Crippen molar-refractivity contribution < 1.29 is 0 Å². The van der Waals surface area contributed by atoms with Gasteiger partial charge >= 0.3 is 0 Å². The Bertz CT molecular complexity index is 90.1. The highest BCUT2D eigenvalue weighted by Gasteiger charge is 1.91. The summed E-state index contributed by atoms with van der Waals surface area (Å²) in [6.45, 7) is 2.32. The first kappa shape index (κ1) is 14.6. The van der Waals surface area contributed by atoms with Crippen molar-refractivity contribution in [1.82, 2.24) is 10.6 Å². The number of nitrogens with one attached hydrogen (secondary N) is 2. The fourth-order valence-corrected chi connectivity index (χ4v) is 3.34. The van der Waals surface area contributed by atoms with E-state index < -0.39 is 0 Å². The summed E-state index contributed by atoms with van der Waals surface area (Å²) in [6, 6.07) is 0. The van der Waals surface area contributed by atoms with Gasteiger partial charge in [0.1, 0.15) is 0 Å². The Kier molecular flexibility index (Phi) is 14.2. The topological polar surface area (TPSA) is 24.1 Å². The van der Waals surface area contributed by atoms with Crippen molar-refractivity contribution in [3.05, 3.63) is 0 Å². The second-order valence-corrected chi connectivity index (χ2v) is 5.97. The van der Waals surface area contributed by atoms with Crippen LogP contribution in [0.15, 0.2) is 0 Å². The molecule has 0 aromatic carbocycles. The predicted molar refractivity (Wildman–Crippen MR) is 71.2 cm³/mol. The maximum Gasteiger partial charge on any atom is 0.00374 e. The molecular weight excluding hydrogens is 212 g/mol. The maximum absolute atomic E-state index is 3.17. The first-order valence-corrected chi connectivity index (χ1v) is 7.94. The lowest BCUT2D eigenvalue weighted by atomic mass is 10.3. The molecule has 0 fully saturated rings. The molecule has 0 heterocycles. The average Bonchev–Trinajstić information content (AvgIpc) is 2.21. The van der Waals surface area contributed by atoms with Gasteiger partial charge in [-0.1, -0.05) is 21.6 Å². The maximum atomic E-state index is 3.17. The largest absolute Gasteiger partial charge is 0.320 e. The lowest BCUT2D eigenvalue weighted by Crippen LogP contribution is -2.07. The molecule has 0 unspecified atom stereocenters. The van der Waals surface area contributed by atoms with Crippen molar-refractivity contribution in [2.75, 3.05) is 38.7 Å². The van der Waals surface area contributed by atoms with E-state index in [1.54, 1.807) is 0 Å². The number of unbranched alkanes of at least 4 members (excludes halogenated alkanes) is 2. The molecule has 0 atom stereocenters. The molecule has 4 heteroatoms. The summed E-state index contributed by atoms with van der Waals surface area (Å²) in [5, 5.41) is 6.34. The molecule has 0 aromatic heterocycles. The third-order valence-corrected chi connectivity index (χ3v) is 4.47. The SMILES string of the molecule is CNCCCCSSCCCCNC. The smallest absolute Gasteiger partial charge is 0.00374 e. The summed E-state index contributed by atoms with van der Waals surface area (Å²) < 4.78 is 0. The van der Waals surface area contributed by atoms with Crippen molar-refractivity contribution in [1.29, 1.82) is 0 Å². The highest BCUT2D eigenvalue weighted by atomic mass is 33.1. The molecule has 2 nitrogen and oxygen atoms in total. The van der Waals surface area contributed by atoms with E-state index in [4.69, 9.17) is 0 Å². The van der Waals surface area contributed by atoms with Gasteiger partial charge in [0, 0.05) is 11.5 Å². The van der Waals surface area contributed by atoms with Gasteiger partial charge in [0.2, 0.25) is 0 Å². The van der Waals surface area contributed by atoms with Crippen LogP contribution in [-0.2, 0) is 0 Å². The van der Waals surface area contributed by atoms with Gasteiger partial charge in [-0.25, -0.2) is 0 Å². The van der Waals surface area contributed by atoms with Gasteiger partial charge in [-0.3, -0.25) is 0 Å². The van der Waals surface area contributed by atoms with E-state index in [9.17, 15) is 0 Å². The molecule has 0 radical (unpaired) electrons. The second kappa shape index (κ2) is 13.6. The highest BCUT2D eigenvalue weighted by molar-refractivity contribution is 8.76. The molecule has 0 bridgehead atoms. The van der Waals surface area contributed by atoms with Crippen LogP contribution in [-0.4, -0.2) is 38.7 Å². The van der Waals surface area contributed by atoms with E-state index in [-0.39, 0.29) is 0 Å². The fraction of sp³-hybridized carbons (Fsp3) is 1.00. The van der Waals surface area contributed by atoms with E-state index in [0.29, 0.717) is 0 Å². The van der Waals surface area contributed by atoms with E-state index in [0.717, 1.165) is 13.1 Å². The third-order valence-electron chi connectivity index (χ3n) is 1.89. The Balaban J connectivity index is 2.78. The molecule has 0 aromatic rings. The second-order valence-electron chi connectivity index (χ2n) is 3.27. The monoisotopic (exact) mass is 236 g/mol. The summed E-state index contributed by atoms with van der Waals surface area (Å²) in [5.74, 6) is 2.61. The van der Waals surface area contributed by atoms with Gasteiger partial charge in [0.25, 0.3) is 0 Å². The highest BCUT2D eigenvalue weighted by Crippen LogP contribution is 2.23. The van der Waals surface area contributed by atoms with Crippen LogP contribution in [0, 0.1) is 0 Å². The number of hydrogen-bond acceptors (Lipinski definition) is 4. The molecule has 14 heavy (non-hydrogen) atoms. The fourth-order valence-electron chi connectivity index (χ4n) is 1.04. The first-order chi connectivity index (χ1) is 6.91. The zero-order chi connectivity index (χ0) is 10.5. The number of rotatable bonds is 11. The van der Waals surface area contributed by atoms with Crippen LogP contribution in [0.5, 0.6) is 0 Å². The van der Waals surface area contributed by atoms with Crippen molar-refractivity contribution in [2.45, 2.75) is 25.7 Å². The summed E-state index contributed by atoms with van der Waals surface area (Å²) in [6.07, 6.45) is 5.30. The summed E-state index contributed by atoms with van der Waals surface area (Å²) >= 11 is 0. The molecule has 0 spiro atoms. The predicted octanol–water partition coefficient (Wildman–Crippen LogP) is 2.37. The van der Waals surface area contributed by atoms with Crippen LogP contribution in [0.2, 0.25) is 0 Å². The zero-order valence-electron chi connectivity index (χ0n) is 9.47. The third kappa shape index (κ3) is 12.6. The molecule has 0 saturated carbocycles. The van der Waals surface area contributed by atoms with Gasteiger partial charge in [0.15, 0.2) is 0 Å². The Morgan fingerprint density at radius 2 is 1.14 bits per heavy atom. The van der Waals surface area contributed by atoms with E-state index in [1.807, 2.05) is 35.7 Å². The van der Waals surface area contributed by atoms with Gasteiger partial charge in [0.05, 0.1) is 0 Å². The van der Waals surface area contributed by atoms with E-state index in [2.05, 4.69) is 10.6 Å². The molecule has 0 saturated heterocycles. The van der Waals surface area contributed by atoms with Crippen LogP contribution >= 0.6 is 21.6 Å². The van der Waals surface area contributed by atoms with Gasteiger partial charge in [-0.05, 0) is 52.9 Å². The molecule has 0 aliphatic carbocycles. The lowest BCUT2D eigenvalue weighted by molar-refractivity contribution is 0.714. The first-order valence-electron chi connectivity index (χ1n) is 5.45. The molecule has 0 aliphatic rings. The van der Waals surface area contributed by atoms with Gasteiger partial charge in [-0.15, -0.1) is 0 Å². The molecule has 0 amide bonds. The van der Waals surface area contributed by atoms with Gasteiger partial charge < -0.3 is 10.6 Å². The minimum absolute atomic E-state index is 1.16. The summed E-state index contributed by atoms with van der Waals surface area (Å²) in [7, 11) is 8.10. The quantitative estimate of drug-likeness (QED) is 0.425. The zero-order valence-corrected chi connectivity index (χ0v) is 11.1. The number of hydrogen-bond donors (Lipinski definition) is 2. The van der Waals surface area contributed by atoms with E-state index >= 15 is 0 Å². The Morgan fingerprint density at radius 3 is 1.50 bits per heavy atom. The Hall–Kier alpha value is 0.620. The van der Waals surface area contributed by atoms with Crippen molar-refractivity contribution in [2.24, 2.45) is 0 Å².